The van der Waals surface area contributed by atoms with Crippen LogP contribution < -0.4 is 32.6 Å². The van der Waals surface area contributed by atoms with Crippen LogP contribution in [0.2, 0.25) is 0 Å². The Hall–Kier alpha value is -4.30. The summed E-state index contributed by atoms with van der Waals surface area (Å²) in [5.74, 6) is 3.19. The van der Waals surface area contributed by atoms with Gasteiger partial charge in [-0.3, -0.25) is 20.3 Å². The lowest BCUT2D eigenvalue weighted by Gasteiger charge is -2.49. The maximum absolute atomic E-state index is 13.1. The molecule has 0 bridgehead atoms. The van der Waals surface area contributed by atoms with Crippen molar-refractivity contribution in [1.82, 2.24) is 20.2 Å². The molecule has 2 atom stereocenters. The molecular formula is C21H25N10O7S3+. The lowest BCUT2D eigenvalue weighted by atomic mass is 10.0. The first-order valence-electron chi connectivity index (χ1n) is 11.6. The standard InChI is InChI=1S/C21H24N10O7S3/c1-7-14(22)28-21(31(24)15(7)25-2)41-5-8-4-39-18-12(17(35)30(18)13(8)19(36)37)27-16(34)11(29-38-3-10(32)33)9-6-40-20(23)26-9/h6,12,18H,3-5,24H2,1-2H3,(H7,22,23,25,26,27,32,33,34,36,37)/p+1/b29-11-/t12?,18-/m1/s1. The third kappa shape index (κ3) is 5.93. The van der Waals surface area contributed by atoms with Gasteiger partial charge in [0, 0.05) is 23.9 Å². The van der Waals surface area contributed by atoms with Gasteiger partial charge in [0.25, 0.3) is 17.6 Å². The van der Waals surface area contributed by atoms with Crippen molar-refractivity contribution in [2.75, 3.05) is 47.8 Å². The summed E-state index contributed by atoms with van der Waals surface area (Å²) in [5, 5.41) is 29.0. The van der Waals surface area contributed by atoms with E-state index in [1.54, 1.807) is 14.0 Å². The molecule has 1 fully saturated rings. The number of hydrogen-bond acceptors (Lipinski definition) is 15. The second-order valence-electron chi connectivity index (χ2n) is 8.46. The summed E-state index contributed by atoms with van der Waals surface area (Å²) in [5.41, 5.74) is 12.2. The van der Waals surface area contributed by atoms with Crippen LogP contribution in [-0.4, -0.2) is 91.1 Å². The van der Waals surface area contributed by atoms with Crippen molar-refractivity contribution < 1.29 is 38.9 Å². The second kappa shape index (κ2) is 12.1. The molecule has 2 aromatic heterocycles. The predicted octanol–water partition coefficient (Wildman–Crippen LogP) is -1.61. The molecule has 1 unspecified atom stereocenters. The van der Waals surface area contributed by atoms with Crippen LogP contribution in [0.1, 0.15) is 11.3 Å². The van der Waals surface area contributed by atoms with E-state index in [0.717, 1.165) is 28.0 Å². The Labute approximate surface area is 244 Å². The van der Waals surface area contributed by atoms with Gasteiger partial charge in [-0.2, -0.15) is 0 Å². The number of aliphatic carboxylic acids is 2. The van der Waals surface area contributed by atoms with Gasteiger partial charge < -0.3 is 37.2 Å². The number of carboxylic acids is 2. The number of nitrogens with two attached hydrogens (primary N) is 3. The molecular weight excluding hydrogens is 600 g/mol. The fourth-order valence-corrected chi connectivity index (χ4v) is 6.92. The van der Waals surface area contributed by atoms with Crippen molar-refractivity contribution in [2.45, 2.75) is 23.5 Å². The number of carboxylic acid groups (broad SMARTS) is 2. The lowest BCUT2D eigenvalue weighted by Crippen LogP contribution is -2.71. The Morgan fingerprint density at radius 2 is 2.05 bits per heavy atom. The summed E-state index contributed by atoms with van der Waals surface area (Å²) < 4.78 is 1.31. The van der Waals surface area contributed by atoms with Crippen molar-refractivity contribution in [3.63, 3.8) is 0 Å². The van der Waals surface area contributed by atoms with Gasteiger partial charge in [-0.1, -0.05) is 10.1 Å². The number of β-lactam (4-membered cyclic amide) rings is 1. The lowest BCUT2D eigenvalue weighted by molar-refractivity contribution is -0.668. The zero-order chi connectivity index (χ0) is 30.0. The molecule has 0 aromatic carbocycles. The van der Waals surface area contributed by atoms with Gasteiger partial charge in [-0.15, -0.1) is 27.8 Å². The quantitative estimate of drug-likeness (QED) is 0.0282. The Morgan fingerprint density at radius 1 is 1.32 bits per heavy atom. The minimum Gasteiger partial charge on any atom is -0.479 e. The molecule has 20 heteroatoms. The molecule has 0 aliphatic carbocycles. The number of oxime groups is 1. The molecule has 0 radical (unpaired) electrons. The summed E-state index contributed by atoms with van der Waals surface area (Å²) in [6.45, 7) is 0.938. The Morgan fingerprint density at radius 3 is 2.66 bits per heavy atom. The van der Waals surface area contributed by atoms with Crippen molar-refractivity contribution in [1.29, 1.82) is 0 Å². The van der Waals surface area contributed by atoms with E-state index in [9.17, 15) is 24.3 Å². The van der Waals surface area contributed by atoms with Crippen molar-refractivity contribution in [2.24, 2.45) is 5.16 Å². The molecule has 0 spiro atoms. The van der Waals surface area contributed by atoms with E-state index in [-0.39, 0.29) is 33.8 Å². The summed E-state index contributed by atoms with van der Waals surface area (Å²) in [6, 6.07) is -1.08. The Balaban J connectivity index is 1.52. The highest BCUT2D eigenvalue weighted by Gasteiger charge is 2.54. The van der Waals surface area contributed by atoms with Crippen LogP contribution in [0.5, 0.6) is 0 Å². The number of anilines is 3. The van der Waals surface area contributed by atoms with Crippen LogP contribution in [0.25, 0.3) is 0 Å². The minimum absolute atomic E-state index is 0.0182. The number of fused-ring (bicyclic) bond motifs is 1. The highest BCUT2D eigenvalue weighted by atomic mass is 32.2. The number of thioether (sulfide) groups is 2. The third-order valence-electron chi connectivity index (χ3n) is 5.87. The Bertz CT molecular complexity index is 1490. The van der Waals surface area contributed by atoms with E-state index in [1.165, 1.54) is 21.8 Å². The smallest absolute Gasteiger partial charge is 0.352 e. The SMILES string of the molecule is CNc1c(C)c(N)nc(SCC2=C(C(=O)O)N3C(=O)C(NC(=O)/C(=N\OCC(=O)O)c4csc(N)n4)[C@H]3SC2)[n+]1N. The molecule has 4 rings (SSSR count). The van der Waals surface area contributed by atoms with E-state index in [1.807, 2.05) is 0 Å². The van der Waals surface area contributed by atoms with Gasteiger partial charge in [0.1, 0.15) is 22.8 Å². The number of rotatable bonds is 11. The second-order valence-corrected chi connectivity index (χ2v) is 11.4. The fraction of sp³-hybridized carbons (Fsp3) is 0.333. The summed E-state index contributed by atoms with van der Waals surface area (Å²) >= 11 is 3.43. The molecule has 4 heterocycles. The molecule has 2 amide bonds. The first-order valence-corrected chi connectivity index (χ1v) is 14.5. The molecule has 218 valence electrons. The monoisotopic (exact) mass is 625 g/mol. The number of nitrogen functional groups attached to an aromatic ring is 3. The highest BCUT2D eigenvalue weighted by Crippen LogP contribution is 2.41. The number of carbonyl (C=O) groups is 4. The molecule has 2 aliphatic heterocycles. The van der Waals surface area contributed by atoms with E-state index >= 15 is 0 Å². The molecule has 10 N–H and O–H groups in total. The van der Waals surface area contributed by atoms with E-state index in [4.69, 9.17) is 27.3 Å². The zero-order valence-corrected chi connectivity index (χ0v) is 23.9. The summed E-state index contributed by atoms with van der Waals surface area (Å²) in [6.07, 6.45) is 0. The van der Waals surface area contributed by atoms with Gasteiger partial charge in [0.15, 0.2) is 10.8 Å². The fourth-order valence-electron chi connectivity index (χ4n) is 3.96. The van der Waals surface area contributed by atoms with Gasteiger partial charge in [0.2, 0.25) is 12.4 Å². The number of hydrogen-bond donors (Lipinski definition) is 7. The number of thiazole rings is 1. The minimum atomic E-state index is -1.32. The summed E-state index contributed by atoms with van der Waals surface area (Å²) in [7, 11) is 1.68. The highest BCUT2D eigenvalue weighted by molar-refractivity contribution is 8.01. The number of nitrogens with one attached hydrogen (secondary N) is 2. The zero-order valence-electron chi connectivity index (χ0n) is 21.5. The van der Waals surface area contributed by atoms with Crippen LogP contribution in [0.4, 0.5) is 16.8 Å². The number of nitrogens with zero attached hydrogens (tertiary/aromatic N) is 5. The molecule has 41 heavy (non-hydrogen) atoms. The van der Waals surface area contributed by atoms with E-state index in [0.29, 0.717) is 22.1 Å². The van der Waals surface area contributed by atoms with Crippen LogP contribution in [-0.2, 0) is 24.0 Å². The predicted molar refractivity (Wildman–Crippen MR) is 150 cm³/mol. The van der Waals surface area contributed by atoms with Crippen molar-refractivity contribution in [3.05, 3.63) is 27.9 Å². The summed E-state index contributed by atoms with van der Waals surface area (Å²) in [4.78, 5) is 63.2. The molecule has 0 saturated carbocycles. The number of aromatic nitrogens is 3. The average Bonchev–Trinajstić information content (AvgIpc) is 3.35. The van der Waals surface area contributed by atoms with E-state index < -0.39 is 47.5 Å². The van der Waals surface area contributed by atoms with Crippen LogP contribution in [0.3, 0.4) is 0 Å². The van der Waals surface area contributed by atoms with Gasteiger partial charge in [-0.05, 0) is 24.3 Å². The van der Waals surface area contributed by atoms with Gasteiger partial charge in [-0.25, -0.2) is 14.6 Å². The van der Waals surface area contributed by atoms with Crippen LogP contribution in [0, 0.1) is 6.92 Å². The largest absolute Gasteiger partial charge is 0.479 e. The third-order valence-corrected chi connectivity index (χ3v) is 8.93. The normalized spacial score (nSPS) is 18.4. The first kappa shape index (κ1) is 29.7. The number of amides is 2. The van der Waals surface area contributed by atoms with E-state index in [2.05, 4.69) is 25.8 Å². The topological polar surface area (TPSA) is 265 Å². The Kier molecular flexibility index (Phi) is 8.73. The van der Waals surface area contributed by atoms with Crippen LogP contribution >= 0.6 is 34.9 Å². The van der Waals surface area contributed by atoms with Crippen molar-refractivity contribution >= 4 is 81.1 Å². The maximum Gasteiger partial charge on any atom is 0.352 e. The molecule has 17 nitrogen and oxygen atoms in total. The number of carbonyl (C=O) groups excluding carboxylic acids is 2. The maximum atomic E-state index is 13.1. The molecule has 1 saturated heterocycles. The molecule has 2 aromatic rings. The van der Waals surface area contributed by atoms with Gasteiger partial charge in [0.05, 0.1) is 5.56 Å². The van der Waals surface area contributed by atoms with Crippen LogP contribution in [0.15, 0.2) is 27.0 Å². The van der Waals surface area contributed by atoms with Crippen molar-refractivity contribution in [3.8, 4) is 0 Å². The van der Waals surface area contributed by atoms with Gasteiger partial charge >= 0.3 is 17.1 Å². The molecule has 2 aliphatic rings. The first-order chi connectivity index (χ1) is 19.4. The average molecular weight is 626 g/mol.